The van der Waals surface area contributed by atoms with Gasteiger partial charge in [-0.2, -0.15) is 0 Å². The lowest BCUT2D eigenvalue weighted by Crippen LogP contribution is -1.94. The third-order valence-electron chi connectivity index (χ3n) is 10.9. The van der Waals surface area contributed by atoms with Crippen LogP contribution in [0.15, 0.2) is 201 Å². The van der Waals surface area contributed by atoms with Gasteiger partial charge in [-0.05, 0) is 125 Å². The van der Waals surface area contributed by atoms with Crippen molar-refractivity contribution < 1.29 is 0 Å². The summed E-state index contributed by atoms with van der Waals surface area (Å²) in [7, 11) is 0. The Labute approximate surface area is 323 Å². The third kappa shape index (κ3) is 5.29. The number of benzene rings is 6. The molecule has 0 amide bonds. The molecule has 0 aliphatic carbocycles. The maximum Gasteiger partial charge on any atom is 0.0963 e. The van der Waals surface area contributed by atoms with E-state index in [0.717, 1.165) is 83.6 Å². The SMILES string of the molecule is c1ccc(-n2c3ccc(-c4ccc5c6ccccc6n(-c6ccc(-c7cc(-c8ccccn8)cc(-c8ccccn8)c7)cc6)c5c4)cc3c3ncccc32)cc1. The van der Waals surface area contributed by atoms with Gasteiger partial charge >= 0.3 is 0 Å². The van der Waals surface area contributed by atoms with E-state index in [1.807, 2.05) is 48.9 Å². The fraction of sp³-hybridized carbons (Fsp3) is 0. The Morgan fingerprint density at radius 2 is 0.839 bits per heavy atom. The molecule has 262 valence electrons. The average Bonchev–Trinajstić information content (AvgIpc) is 3.79. The van der Waals surface area contributed by atoms with E-state index < -0.39 is 0 Å². The second kappa shape index (κ2) is 13.0. The summed E-state index contributed by atoms with van der Waals surface area (Å²) < 4.78 is 4.70. The zero-order valence-electron chi connectivity index (χ0n) is 30.3. The molecule has 5 heterocycles. The van der Waals surface area contributed by atoms with Crippen molar-refractivity contribution in [1.29, 1.82) is 0 Å². The van der Waals surface area contributed by atoms with E-state index in [2.05, 4.69) is 171 Å². The smallest absolute Gasteiger partial charge is 0.0963 e. The van der Waals surface area contributed by atoms with Gasteiger partial charge in [-0.15, -0.1) is 0 Å². The zero-order valence-corrected chi connectivity index (χ0v) is 30.3. The number of pyridine rings is 3. The maximum absolute atomic E-state index is 4.86. The van der Waals surface area contributed by atoms with Crippen LogP contribution in [-0.2, 0) is 0 Å². The Morgan fingerprint density at radius 3 is 1.59 bits per heavy atom. The van der Waals surface area contributed by atoms with E-state index in [1.165, 1.54) is 16.3 Å². The largest absolute Gasteiger partial charge is 0.309 e. The van der Waals surface area contributed by atoms with Crippen LogP contribution in [0.5, 0.6) is 0 Å². The molecule has 0 radical (unpaired) electrons. The summed E-state index contributed by atoms with van der Waals surface area (Å²) in [5.41, 5.74) is 16.3. The Balaban J connectivity index is 1.03. The van der Waals surface area contributed by atoms with Gasteiger partial charge in [0.2, 0.25) is 0 Å². The summed E-state index contributed by atoms with van der Waals surface area (Å²) in [4.78, 5) is 14.2. The van der Waals surface area contributed by atoms with Crippen LogP contribution in [-0.4, -0.2) is 24.1 Å². The molecule has 0 aliphatic rings. The second-order valence-corrected chi connectivity index (χ2v) is 14.1. The molecule has 11 rings (SSSR count). The minimum Gasteiger partial charge on any atom is -0.309 e. The first-order valence-corrected chi connectivity index (χ1v) is 18.8. The highest BCUT2D eigenvalue weighted by Gasteiger charge is 2.17. The Hall–Kier alpha value is -7.63. The van der Waals surface area contributed by atoms with E-state index in [9.17, 15) is 0 Å². The molecule has 0 saturated carbocycles. The van der Waals surface area contributed by atoms with Crippen molar-refractivity contribution in [3.63, 3.8) is 0 Å². The predicted octanol–water partition coefficient (Wildman–Crippen LogP) is 12.7. The van der Waals surface area contributed by atoms with Gasteiger partial charge in [0, 0.05) is 57.3 Å². The molecule has 56 heavy (non-hydrogen) atoms. The van der Waals surface area contributed by atoms with E-state index in [4.69, 9.17) is 4.98 Å². The molecule has 0 unspecified atom stereocenters. The third-order valence-corrected chi connectivity index (χ3v) is 10.9. The Kier molecular flexibility index (Phi) is 7.42. The highest BCUT2D eigenvalue weighted by Crippen LogP contribution is 2.38. The van der Waals surface area contributed by atoms with Gasteiger partial charge in [0.15, 0.2) is 0 Å². The molecule has 0 N–H and O–H groups in total. The van der Waals surface area contributed by atoms with Gasteiger partial charge in [-0.1, -0.05) is 78.9 Å². The van der Waals surface area contributed by atoms with Gasteiger partial charge in [0.25, 0.3) is 0 Å². The van der Waals surface area contributed by atoms with Gasteiger partial charge in [-0.3, -0.25) is 15.0 Å². The van der Waals surface area contributed by atoms with Crippen LogP contribution >= 0.6 is 0 Å². The van der Waals surface area contributed by atoms with Gasteiger partial charge in [0.05, 0.1) is 39.0 Å². The highest BCUT2D eigenvalue weighted by atomic mass is 15.0. The molecule has 0 atom stereocenters. The van der Waals surface area contributed by atoms with E-state index in [1.54, 1.807) is 0 Å². The normalized spacial score (nSPS) is 11.6. The summed E-state index contributed by atoms with van der Waals surface area (Å²) in [5, 5.41) is 3.59. The van der Waals surface area contributed by atoms with E-state index in [-0.39, 0.29) is 0 Å². The van der Waals surface area contributed by atoms with Crippen molar-refractivity contribution in [2.24, 2.45) is 0 Å². The van der Waals surface area contributed by atoms with Gasteiger partial charge in [-0.25, -0.2) is 0 Å². The molecule has 5 nitrogen and oxygen atoms in total. The standard InChI is InChI=1S/C51H33N5/c1-2-11-40(12-3-1)55-48-25-21-35(32-44(48)51-49(55)17-10-28-54-51)36-20-24-43-42-13-4-5-16-47(42)56(50(43)33-36)41-22-18-34(19-23-41)37-29-38(45-14-6-8-26-52-45)31-39(30-37)46-15-7-9-27-53-46/h1-33H. The first kappa shape index (κ1) is 31.9. The van der Waals surface area contributed by atoms with Crippen LogP contribution in [0.4, 0.5) is 0 Å². The number of aromatic nitrogens is 5. The highest BCUT2D eigenvalue weighted by molar-refractivity contribution is 6.11. The topological polar surface area (TPSA) is 48.5 Å². The quantitative estimate of drug-likeness (QED) is 0.172. The van der Waals surface area contributed by atoms with Crippen LogP contribution in [0.3, 0.4) is 0 Å². The molecule has 0 saturated heterocycles. The lowest BCUT2D eigenvalue weighted by atomic mass is 9.96. The van der Waals surface area contributed by atoms with E-state index >= 15 is 0 Å². The monoisotopic (exact) mass is 715 g/mol. The Morgan fingerprint density at radius 1 is 0.286 bits per heavy atom. The molecule has 0 spiro atoms. The molecule has 0 bridgehead atoms. The van der Waals surface area contributed by atoms with Crippen LogP contribution in [0.1, 0.15) is 0 Å². The molecular formula is C51H33N5. The summed E-state index contributed by atoms with van der Waals surface area (Å²) in [5.74, 6) is 0. The minimum atomic E-state index is 0.932. The molecule has 6 aromatic carbocycles. The Bertz CT molecular complexity index is 3160. The number of rotatable bonds is 6. The predicted molar refractivity (Wildman–Crippen MR) is 230 cm³/mol. The summed E-state index contributed by atoms with van der Waals surface area (Å²) in [6, 6.07) is 64.6. The van der Waals surface area contributed by atoms with Crippen LogP contribution in [0, 0.1) is 0 Å². The van der Waals surface area contributed by atoms with Crippen molar-refractivity contribution in [3.05, 3.63) is 201 Å². The second-order valence-electron chi connectivity index (χ2n) is 14.1. The number of para-hydroxylation sites is 2. The van der Waals surface area contributed by atoms with Crippen LogP contribution in [0.2, 0.25) is 0 Å². The van der Waals surface area contributed by atoms with Crippen molar-refractivity contribution in [1.82, 2.24) is 24.1 Å². The molecule has 11 aromatic rings. The van der Waals surface area contributed by atoms with Crippen molar-refractivity contribution in [2.45, 2.75) is 0 Å². The first-order valence-electron chi connectivity index (χ1n) is 18.8. The maximum atomic E-state index is 4.86. The van der Waals surface area contributed by atoms with Gasteiger partial charge < -0.3 is 9.13 Å². The summed E-state index contributed by atoms with van der Waals surface area (Å²) in [6.45, 7) is 0. The van der Waals surface area contributed by atoms with Crippen LogP contribution < -0.4 is 0 Å². The van der Waals surface area contributed by atoms with Gasteiger partial charge in [0.1, 0.15) is 0 Å². The average molecular weight is 716 g/mol. The molecular weight excluding hydrogens is 683 g/mol. The zero-order chi connectivity index (χ0) is 37.0. The molecule has 0 aliphatic heterocycles. The molecule has 5 heteroatoms. The van der Waals surface area contributed by atoms with Crippen LogP contribution in [0.25, 0.3) is 99.9 Å². The number of hydrogen-bond donors (Lipinski definition) is 0. The lowest BCUT2D eigenvalue weighted by molar-refractivity contribution is 1.17. The fourth-order valence-corrected chi connectivity index (χ4v) is 8.26. The minimum absolute atomic E-state index is 0.932. The summed E-state index contributed by atoms with van der Waals surface area (Å²) >= 11 is 0. The molecule has 0 fully saturated rings. The fourth-order valence-electron chi connectivity index (χ4n) is 8.26. The van der Waals surface area contributed by atoms with Crippen molar-refractivity contribution in [2.75, 3.05) is 0 Å². The van der Waals surface area contributed by atoms with Crippen molar-refractivity contribution in [3.8, 4) is 56.1 Å². The van der Waals surface area contributed by atoms with E-state index in [0.29, 0.717) is 0 Å². The van der Waals surface area contributed by atoms with Crippen molar-refractivity contribution >= 4 is 43.7 Å². The lowest BCUT2D eigenvalue weighted by Gasteiger charge is -2.12. The molecule has 5 aromatic heterocycles. The first-order chi connectivity index (χ1) is 27.8. The number of nitrogens with zero attached hydrogens (tertiary/aromatic N) is 5. The number of fused-ring (bicyclic) bond motifs is 6. The summed E-state index contributed by atoms with van der Waals surface area (Å²) in [6.07, 6.45) is 5.57. The number of hydrogen-bond acceptors (Lipinski definition) is 3.